The minimum atomic E-state index is -0.941. The van der Waals surface area contributed by atoms with Crippen LogP contribution in [-0.2, 0) is 16.1 Å². The van der Waals surface area contributed by atoms with Crippen LogP contribution in [0.3, 0.4) is 0 Å². The maximum atomic E-state index is 14.1. The van der Waals surface area contributed by atoms with Crippen LogP contribution in [0.5, 0.6) is 11.5 Å². The van der Waals surface area contributed by atoms with Gasteiger partial charge in [-0.05, 0) is 43.7 Å². The first-order chi connectivity index (χ1) is 18.9. The zero-order valence-corrected chi connectivity index (χ0v) is 23.1. The standard InChI is InChI=1S/C30H30N4O4S/c1-19-10-12-21(13-11-19)17-31-29(36)28-27-20(2)32-34(22-8-6-5-7-9-22)30(27)39-18-26(35)33(28)23-14-15-24(37-3)25(16-23)38-4/h5-16,28H,17-18H2,1-4H3,(H,31,36). The van der Waals surface area contributed by atoms with Gasteiger partial charge in [-0.15, -0.1) is 0 Å². The molecule has 3 aromatic carbocycles. The van der Waals surface area contributed by atoms with E-state index in [-0.39, 0.29) is 17.6 Å². The average molecular weight is 543 g/mol. The largest absolute Gasteiger partial charge is 0.493 e. The average Bonchev–Trinajstić information content (AvgIpc) is 3.20. The zero-order valence-electron chi connectivity index (χ0n) is 22.3. The lowest BCUT2D eigenvalue weighted by Gasteiger charge is -2.30. The van der Waals surface area contributed by atoms with Crippen LogP contribution in [0.4, 0.5) is 5.69 Å². The van der Waals surface area contributed by atoms with Gasteiger partial charge in [-0.1, -0.05) is 59.8 Å². The van der Waals surface area contributed by atoms with Crippen LogP contribution >= 0.6 is 11.8 Å². The summed E-state index contributed by atoms with van der Waals surface area (Å²) >= 11 is 1.39. The molecule has 39 heavy (non-hydrogen) atoms. The number of hydrogen-bond donors (Lipinski definition) is 1. The number of methoxy groups -OCH3 is 2. The van der Waals surface area contributed by atoms with Gasteiger partial charge in [0.15, 0.2) is 11.5 Å². The van der Waals surface area contributed by atoms with E-state index in [4.69, 9.17) is 14.6 Å². The normalized spacial score (nSPS) is 14.9. The third-order valence-electron chi connectivity index (χ3n) is 6.68. The van der Waals surface area contributed by atoms with E-state index in [2.05, 4.69) is 5.32 Å². The van der Waals surface area contributed by atoms with Crippen LogP contribution in [0.15, 0.2) is 77.8 Å². The molecule has 2 heterocycles. The van der Waals surface area contributed by atoms with Gasteiger partial charge in [0, 0.05) is 23.9 Å². The Balaban J connectivity index is 1.62. The van der Waals surface area contributed by atoms with Crippen molar-refractivity contribution in [2.45, 2.75) is 31.5 Å². The number of ether oxygens (including phenoxy) is 2. The predicted octanol–water partition coefficient (Wildman–Crippen LogP) is 5.00. The molecule has 1 aliphatic rings. The van der Waals surface area contributed by atoms with Gasteiger partial charge in [-0.2, -0.15) is 5.10 Å². The van der Waals surface area contributed by atoms with Crippen molar-refractivity contribution in [2.24, 2.45) is 0 Å². The number of rotatable bonds is 7. The summed E-state index contributed by atoms with van der Waals surface area (Å²) in [7, 11) is 3.10. The van der Waals surface area contributed by atoms with Gasteiger partial charge in [-0.3, -0.25) is 14.5 Å². The number of carbonyl (C=O) groups excluding carboxylic acids is 2. The fourth-order valence-electron chi connectivity index (χ4n) is 4.70. The molecule has 0 fully saturated rings. The highest BCUT2D eigenvalue weighted by molar-refractivity contribution is 8.00. The van der Waals surface area contributed by atoms with Gasteiger partial charge in [0.2, 0.25) is 11.8 Å². The number of anilines is 1. The summed E-state index contributed by atoms with van der Waals surface area (Å²) in [6, 6.07) is 22.0. The Kier molecular flexibility index (Phi) is 7.60. The molecule has 1 unspecified atom stereocenters. The summed E-state index contributed by atoms with van der Waals surface area (Å²) in [6.45, 7) is 4.23. The first kappa shape index (κ1) is 26.4. The summed E-state index contributed by atoms with van der Waals surface area (Å²) in [4.78, 5) is 29.3. The first-order valence-corrected chi connectivity index (χ1v) is 13.5. The Hall–Kier alpha value is -4.24. The molecule has 0 spiro atoms. The molecule has 1 N–H and O–H groups in total. The monoisotopic (exact) mass is 542 g/mol. The van der Waals surface area contributed by atoms with E-state index < -0.39 is 6.04 Å². The van der Waals surface area contributed by atoms with E-state index >= 15 is 0 Å². The highest BCUT2D eigenvalue weighted by atomic mass is 32.2. The summed E-state index contributed by atoms with van der Waals surface area (Å²) in [5.74, 6) is 0.652. The second kappa shape index (κ2) is 11.2. The molecule has 8 nitrogen and oxygen atoms in total. The molecule has 0 saturated carbocycles. The van der Waals surface area contributed by atoms with Crippen molar-refractivity contribution in [1.82, 2.24) is 15.1 Å². The fraction of sp³-hybridized carbons (Fsp3) is 0.233. The molecule has 5 rings (SSSR count). The molecule has 0 saturated heterocycles. The number of carbonyl (C=O) groups is 2. The topological polar surface area (TPSA) is 85.7 Å². The van der Waals surface area contributed by atoms with Gasteiger partial charge in [0.25, 0.3) is 0 Å². The van der Waals surface area contributed by atoms with E-state index in [1.165, 1.54) is 11.8 Å². The number of nitrogens with one attached hydrogen (secondary N) is 1. The van der Waals surface area contributed by atoms with E-state index in [0.29, 0.717) is 35.0 Å². The summed E-state index contributed by atoms with van der Waals surface area (Å²) in [6.07, 6.45) is 0. The number of nitrogens with zero attached hydrogens (tertiary/aromatic N) is 3. The SMILES string of the molecule is COc1ccc(N2C(=O)CSc3c(c(C)nn3-c3ccccc3)C2C(=O)NCc2ccc(C)cc2)cc1OC. The van der Waals surface area contributed by atoms with Crippen molar-refractivity contribution >= 4 is 29.3 Å². The smallest absolute Gasteiger partial charge is 0.248 e. The number of benzene rings is 3. The van der Waals surface area contributed by atoms with E-state index in [9.17, 15) is 9.59 Å². The van der Waals surface area contributed by atoms with E-state index in [1.54, 1.807) is 37.3 Å². The number of fused-ring (bicyclic) bond motifs is 1. The molecule has 0 bridgehead atoms. The van der Waals surface area contributed by atoms with Gasteiger partial charge in [-0.25, -0.2) is 4.68 Å². The third kappa shape index (κ3) is 5.22. The van der Waals surface area contributed by atoms with Gasteiger partial charge >= 0.3 is 0 Å². The first-order valence-electron chi connectivity index (χ1n) is 12.6. The lowest BCUT2D eigenvalue weighted by molar-refractivity contribution is -0.126. The molecule has 1 aromatic heterocycles. The molecule has 200 valence electrons. The number of amides is 2. The quantitative estimate of drug-likeness (QED) is 0.354. The fourth-order valence-corrected chi connectivity index (χ4v) is 5.78. The minimum Gasteiger partial charge on any atom is -0.493 e. The Morgan fingerprint density at radius 1 is 0.974 bits per heavy atom. The maximum absolute atomic E-state index is 14.1. The highest BCUT2D eigenvalue weighted by Crippen LogP contribution is 2.42. The van der Waals surface area contributed by atoms with Crippen molar-refractivity contribution in [3.05, 3.63) is 95.2 Å². The Bertz CT molecular complexity index is 1500. The maximum Gasteiger partial charge on any atom is 0.248 e. The summed E-state index contributed by atoms with van der Waals surface area (Å²) < 4.78 is 12.7. The van der Waals surface area contributed by atoms with Crippen LogP contribution < -0.4 is 19.7 Å². The molecule has 1 atom stereocenters. The molecule has 0 radical (unpaired) electrons. The van der Waals surface area contributed by atoms with Crippen molar-refractivity contribution < 1.29 is 19.1 Å². The van der Waals surface area contributed by atoms with E-state index in [1.807, 2.05) is 73.1 Å². The molecular formula is C30H30N4O4S. The van der Waals surface area contributed by atoms with Gasteiger partial charge in [0.1, 0.15) is 11.1 Å². The van der Waals surface area contributed by atoms with Crippen LogP contribution in [-0.4, -0.2) is 41.6 Å². The van der Waals surface area contributed by atoms with Crippen LogP contribution in [0, 0.1) is 13.8 Å². The Morgan fingerprint density at radius 3 is 2.38 bits per heavy atom. The zero-order chi connectivity index (χ0) is 27.5. The predicted molar refractivity (Wildman–Crippen MR) is 152 cm³/mol. The molecule has 0 aliphatic carbocycles. The molecule has 9 heteroatoms. The number of thioether (sulfide) groups is 1. The molecule has 4 aromatic rings. The summed E-state index contributed by atoms with van der Waals surface area (Å²) in [5.41, 5.74) is 4.89. The molecule has 1 aliphatic heterocycles. The van der Waals surface area contributed by atoms with Crippen molar-refractivity contribution in [3.63, 3.8) is 0 Å². The lowest BCUT2D eigenvalue weighted by Crippen LogP contribution is -2.44. The van der Waals surface area contributed by atoms with Gasteiger partial charge < -0.3 is 14.8 Å². The third-order valence-corrected chi connectivity index (χ3v) is 7.73. The number of aromatic nitrogens is 2. The van der Waals surface area contributed by atoms with Gasteiger partial charge in [0.05, 0.1) is 31.4 Å². The summed E-state index contributed by atoms with van der Waals surface area (Å²) in [5, 5.41) is 8.65. The van der Waals surface area contributed by atoms with Crippen molar-refractivity contribution in [3.8, 4) is 17.2 Å². The highest BCUT2D eigenvalue weighted by Gasteiger charge is 2.40. The van der Waals surface area contributed by atoms with Crippen LogP contribution in [0.1, 0.15) is 28.4 Å². The number of hydrogen-bond acceptors (Lipinski definition) is 6. The molecule has 2 amide bonds. The number of para-hydroxylation sites is 1. The minimum absolute atomic E-state index is 0.140. The van der Waals surface area contributed by atoms with E-state index in [0.717, 1.165) is 21.8 Å². The second-order valence-corrected chi connectivity index (χ2v) is 10.2. The van der Waals surface area contributed by atoms with Crippen molar-refractivity contribution in [1.29, 1.82) is 0 Å². The lowest BCUT2D eigenvalue weighted by atomic mass is 10.0. The van der Waals surface area contributed by atoms with Crippen LogP contribution in [0.25, 0.3) is 5.69 Å². The Labute approximate surface area is 231 Å². The number of aryl methyl sites for hydroxylation is 2. The molecular weight excluding hydrogens is 512 g/mol. The second-order valence-electron chi connectivity index (χ2n) is 9.25. The van der Waals surface area contributed by atoms with Crippen molar-refractivity contribution in [2.75, 3.05) is 24.9 Å². The van der Waals surface area contributed by atoms with Crippen LogP contribution in [0.2, 0.25) is 0 Å². The Morgan fingerprint density at radius 2 is 1.69 bits per heavy atom.